The van der Waals surface area contributed by atoms with Gasteiger partial charge in [-0.1, -0.05) is 29.8 Å². The fourth-order valence-corrected chi connectivity index (χ4v) is 6.33. The van der Waals surface area contributed by atoms with Crippen molar-refractivity contribution < 1.29 is 22.4 Å². The Morgan fingerprint density at radius 2 is 1.78 bits per heavy atom. The molecule has 1 unspecified atom stereocenters. The number of carbonyl (C=O) groups is 1. The van der Waals surface area contributed by atoms with Crippen LogP contribution in [-0.2, 0) is 16.6 Å². The Morgan fingerprint density at radius 3 is 2.44 bits per heavy atom. The number of sulfonamides is 1. The maximum Gasteiger partial charge on any atom is 0.270 e. The predicted octanol–water partition coefficient (Wildman–Crippen LogP) is 4.13. The monoisotopic (exact) mass is 507 g/mol. The third kappa shape index (κ3) is 4.40. The van der Waals surface area contributed by atoms with Gasteiger partial charge in [0, 0.05) is 31.1 Å². The molecule has 1 atom stereocenters. The Morgan fingerprint density at radius 1 is 1.06 bits per heavy atom. The summed E-state index contributed by atoms with van der Waals surface area (Å²) in [6, 6.07) is 17.9. The average Bonchev–Trinajstić information content (AvgIpc) is 3.47. The quantitative estimate of drug-likeness (QED) is 0.392. The Bertz CT molecular complexity index is 1490. The van der Waals surface area contributed by atoms with E-state index in [1.54, 1.807) is 35.4 Å². The molecular weight excluding hydrogens is 478 g/mol. The van der Waals surface area contributed by atoms with Gasteiger partial charge in [-0.05, 0) is 55.8 Å². The lowest BCUT2D eigenvalue weighted by molar-refractivity contribution is 0.0632. The molecule has 3 heterocycles. The van der Waals surface area contributed by atoms with Gasteiger partial charge in [-0.15, -0.1) is 0 Å². The van der Waals surface area contributed by atoms with Crippen LogP contribution in [0.1, 0.15) is 28.5 Å². The molecule has 0 spiro atoms. The van der Waals surface area contributed by atoms with Crippen LogP contribution in [0.25, 0.3) is 11.1 Å². The first-order valence-electron chi connectivity index (χ1n) is 11.9. The molecule has 0 N–H and O–H groups in total. The lowest BCUT2D eigenvalue weighted by Gasteiger charge is -2.39. The fraction of sp³-hybridized carbons (Fsp3) is 0.296. The van der Waals surface area contributed by atoms with Crippen LogP contribution in [0.15, 0.2) is 76.2 Å². The number of aryl methyl sites for hydroxylation is 1. The van der Waals surface area contributed by atoms with E-state index in [2.05, 4.69) is 0 Å². The first kappa shape index (κ1) is 24.1. The second-order valence-electron chi connectivity index (χ2n) is 9.17. The zero-order valence-electron chi connectivity index (χ0n) is 20.5. The molecule has 0 bridgehead atoms. The number of furan rings is 1. The van der Waals surface area contributed by atoms with E-state index in [9.17, 15) is 13.2 Å². The van der Waals surface area contributed by atoms with E-state index in [4.69, 9.17) is 9.15 Å². The zero-order valence-corrected chi connectivity index (χ0v) is 21.4. The van der Waals surface area contributed by atoms with Crippen LogP contribution in [0.4, 0.5) is 0 Å². The fourth-order valence-electron chi connectivity index (χ4n) is 4.71. The van der Waals surface area contributed by atoms with E-state index in [1.165, 1.54) is 17.0 Å². The molecule has 2 aromatic carbocycles. The molecule has 2 aromatic heterocycles. The summed E-state index contributed by atoms with van der Waals surface area (Å²) < 4.78 is 40.8. The molecule has 0 radical (unpaired) electrons. The molecule has 1 aliphatic rings. The van der Waals surface area contributed by atoms with Gasteiger partial charge < -0.3 is 18.6 Å². The highest BCUT2D eigenvalue weighted by atomic mass is 32.2. The molecule has 9 heteroatoms. The third-order valence-corrected chi connectivity index (χ3v) is 8.73. The number of benzene rings is 2. The normalized spacial score (nSPS) is 17.0. The van der Waals surface area contributed by atoms with Crippen LogP contribution >= 0.6 is 0 Å². The van der Waals surface area contributed by atoms with Crippen molar-refractivity contribution in [2.45, 2.75) is 31.3 Å². The van der Waals surface area contributed by atoms with Gasteiger partial charge in [0.05, 0.1) is 24.8 Å². The van der Waals surface area contributed by atoms with Crippen molar-refractivity contribution in [2.24, 2.45) is 0 Å². The molecule has 188 valence electrons. The van der Waals surface area contributed by atoms with Gasteiger partial charge in [-0.25, -0.2) is 8.42 Å². The highest BCUT2D eigenvalue weighted by Crippen LogP contribution is 2.27. The van der Waals surface area contributed by atoms with Gasteiger partial charge in [-0.3, -0.25) is 4.79 Å². The smallest absolute Gasteiger partial charge is 0.270 e. The van der Waals surface area contributed by atoms with Gasteiger partial charge in [0.2, 0.25) is 15.7 Å². The molecular formula is C27H29N3O5S. The Balaban J connectivity index is 1.37. The topological polar surface area (TPSA) is 85.0 Å². The van der Waals surface area contributed by atoms with E-state index < -0.39 is 10.0 Å². The number of amides is 1. The molecule has 36 heavy (non-hydrogen) atoms. The summed E-state index contributed by atoms with van der Waals surface area (Å²) >= 11 is 0. The van der Waals surface area contributed by atoms with Crippen LogP contribution in [0.3, 0.4) is 0 Å². The van der Waals surface area contributed by atoms with Crippen molar-refractivity contribution in [1.82, 2.24) is 13.8 Å². The molecule has 1 saturated heterocycles. The summed E-state index contributed by atoms with van der Waals surface area (Å²) in [4.78, 5) is 15.6. The van der Waals surface area contributed by atoms with Crippen LogP contribution in [-0.4, -0.2) is 60.9 Å². The number of fused-ring (bicyclic) bond motifs is 1. The van der Waals surface area contributed by atoms with Gasteiger partial charge in [0.1, 0.15) is 11.4 Å². The summed E-state index contributed by atoms with van der Waals surface area (Å²) in [5.41, 5.74) is 3.41. The number of hydrogen-bond donors (Lipinski definition) is 0. The summed E-state index contributed by atoms with van der Waals surface area (Å²) in [5, 5.41) is 0.860. The second-order valence-corrected chi connectivity index (χ2v) is 11.1. The first-order chi connectivity index (χ1) is 17.3. The zero-order chi connectivity index (χ0) is 25.4. The molecule has 1 aliphatic heterocycles. The molecule has 4 aromatic rings. The number of piperazine rings is 1. The standard InChI is InChI=1S/C27H29N3O5S/c1-19-4-6-21(7-5-19)18-29-25(16-22-12-15-35-27(22)29)26(31)28-13-14-30(20(2)17-28)36(32,33)24-10-8-23(34-3)9-11-24/h4-12,15-16,20H,13-14,17-18H2,1-3H3. The van der Waals surface area contributed by atoms with Crippen molar-refractivity contribution >= 4 is 27.0 Å². The van der Waals surface area contributed by atoms with Gasteiger partial charge >= 0.3 is 0 Å². The number of aromatic nitrogens is 1. The number of carbonyl (C=O) groups excluding carboxylic acids is 1. The first-order valence-corrected chi connectivity index (χ1v) is 13.3. The van der Waals surface area contributed by atoms with Crippen molar-refractivity contribution in [3.63, 3.8) is 0 Å². The molecule has 5 rings (SSSR count). The summed E-state index contributed by atoms with van der Waals surface area (Å²) in [6.07, 6.45) is 1.62. The minimum absolute atomic E-state index is 0.137. The minimum atomic E-state index is -3.69. The van der Waals surface area contributed by atoms with Crippen molar-refractivity contribution in [2.75, 3.05) is 26.7 Å². The highest BCUT2D eigenvalue weighted by molar-refractivity contribution is 7.89. The van der Waals surface area contributed by atoms with Crippen molar-refractivity contribution in [3.8, 4) is 5.75 Å². The number of nitrogens with zero attached hydrogens (tertiary/aromatic N) is 3. The molecule has 1 fully saturated rings. The van der Waals surface area contributed by atoms with Crippen LogP contribution in [0.5, 0.6) is 5.75 Å². The van der Waals surface area contributed by atoms with Gasteiger partial charge in [0.25, 0.3) is 5.91 Å². The summed E-state index contributed by atoms with van der Waals surface area (Å²) in [7, 11) is -2.16. The third-order valence-electron chi connectivity index (χ3n) is 6.70. The highest BCUT2D eigenvalue weighted by Gasteiger charge is 2.36. The SMILES string of the molecule is COc1ccc(S(=O)(=O)N2CCN(C(=O)c3cc4ccoc4n3Cc3ccc(C)cc3)CC2C)cc1. The second kappa shape index (κ2) is 9.48. The molecule has 8 nitrogen and oxygen atoms in total. The number of rotatable bonds is 6. The van der Waals surface area contributed by atoms with Crippen LogP contribution < -0.4 is 4.74 Å². The number of methoxy groups -OCH3 is 1. The maximum atomic E-state index is 13.7. The Labute approximate surface area is 210 Å². The lowest BCUT2D eigenvalue weighted by atomic mass is 10.1. The van der Waals surface area contributed by atoms with Crippen molar-refractivity contribution in [3.05, 3.63) is 83.7 Å². The summed E-state index contributed by atoms with van der Waals surface area (Å²) in [5.74, 6) is 0.457. The van der Waals surface area contributed by atoms with Gasteiger partial charge in [0.15, 0.2) is 0 Å². The number of hydrogen-bond acceptors (Lipinski definition) is 5. The van der Waals surface area contributed by atoms with Gasteiger partial charge in [-0.2, -0.15) is 4.31 Å². The van der Waals surface area contributed by atoms with Crippen molar-refractivity contribution in [1.29, 1.82) is 0 Å². The lowest BCUT2D eigenvalue weighted by Crippen LogP contribution is -2.55. The number of ether oxygens (including phenoxy) is 1. The van der Waals surface area contributed by atoms with E-state index in [-0.39, 0.29) is 23.4 Å². The van der Waals surface area contributed by atoms with Crippen LogP contribution in [0, 0.1) is 6.92 Å². The average molecular weight is 508 g/mol. The molecule has 1 amide bonds. The van der Waals surface area contributed by atoms with E-state index in [0.29, 0.717) is 36.8 Å². The Kier molecular flexibility index (Phi) is 6.36. The van der Waals surface area contributed by atoms with E-state index >= 15 is 0 Å². The summed E-state index contributed by atoms with van der Waals surface area (Å²) in [6.45, 7) is 5.18. The van der Waals surface area contributed by atoms with Crippen LogP contribution in [0.2, 0.25) is 0 Å². The largest absolute Gasteiger partial charge is 0.497 e. The maximum absolute atomic E-state index is 13.7. The Hall–Kier alpha value is -3.56. The predicted molar refractivity (Wildman–Crippen MR) is 137 cm³/mol. The van der Waals surface area contributed by atoms with E-state index in [1.807, 2.05) is 54.8 Å². The molecule has 0 aliphatic carbocycles. The minimum Gasteiger partial charge on any atom is -0.497 e. The van der Waals surface area contributed by atoms with E-state index in [0.717, 1.165) is 10.9 Å². The molecule has 0 saturated carbocycles.